The topological polar surface area (TPSA) is 458 Å². The molecule has 6 aromatic carbocycles. The number of carbonyl (C=O) groups excluding carboxylic acids is 3. The van der Waals surface area contributed by atoms with E-state index in [2.05, 4.69) is 41.2 Å². The quantitative estimate of drug-likeness (QED) is 0.0130. The molecular weight excluding hydrogens is 1460 g/mol. The number of carbonyl (C=O) groups is 4. The van der Waals surface area contributed by atoms with Crippen molar-refractivity contribution in [2.45, 2.75) is 130 Å². The van der Waals surface area contributed by atoms with Gasteiger partial charge in [-0.25, -0.2) is 14.8 Å². The standard InChI is InChI=1S/C74H79N11O18S4/c1-42(104(92,93)94)32-36-84-58-27-16-49-38-53(106(98,99)100)22-24-55(49)64(58)73(3,4)60(84)29-18-44-8-7-9-45(19-30-61-74(5,6)65-56-25-23-54(107(101,102)103)39-50(56)17-28-59(65)85(61)37-33-43(2)105(95,96)97)63(44)46-10-12-47(13-11-46)68(87)77-35-34-76-62(86)31-26-57(71(90)91)81-69(88)48-14-20-51(21-15-48)78-40-52-41-79-67-66(80-52)70(89)83-72(75)82-67/h10-25,27-30,38-39,41-43,57H,7-9,26,31-37,40H2,1-6H3,(H11-,75,76,77,78,79,81,82,83,86,87,88,89,90,91,92,93,94,95,96,97,98,99,100,101,102,103)/p+1/t42?,43?,57-/m0/s1. The van der Waals surface area contributed by atoms with Gasteiger partial charge in [0.1, 0.15) is 6.04 Å². The molecule has 0 radical (unpaired) electrons. The van der Waals surface area contributed by atoms with E-state index in [-0.39, 0.29) is 96.4 Å². The fourth-order valence-electron chi connectivity index (χ4n) is 14.0. The van der Waals surface area contributed by atoms with Gasteiger partial charge in [0.2, 0.25) is 17.5 Å². The summed E-state index contributed by atoms with van der Waals surface area (Å²) in [6, 6.07) is 27.2. The lowest BCUT2D eigenvalue weighted by Crippen LogP contribution is -2.42. The van der Waals surface area contributed by atoms with Gasteiger partial charge in [-0.2, -0.15) is 43.2 Å². The second kappa shape index (κ2) is 30.5. The molecule has 0 bridgehead atoms. The maximum Gasteiger partial charge on any atom is 0.326 e. The molecule has 107 heavy (non-hydrogen) atoms. The first kappa shape index (κ1) is 77.7. The summed E-state index contributed by atoms with van der Waals surface area (Å²) in [5.41, 5.74) is 12.5. The maximum atomic E-state index is 13.9. The van der Waals surface area contributed by atoms with Gasteiger partial charge >= 0.3 is 5.97 Å². The van der Waals surface area contributed by atoms with Crippen molar-refractivity contribution < 1.29 is 80.7 Å². The molecule has 29 nitrogen and oxygen atoms in total. The van der Waals surface area contributed by atoms with E-state index in [0.717, 1.165) is 39.3 Å². The first-order chi connectivity index (χ1) is 50.3. The van der Waals surface area contributed by atoms with E-state index in [1.54, 1.807) is 72.8 Å². The van der Waals surface area contributed by atoms with Crippen LogP contribution in [0.5, 0.6) is 0 Å². The molecule has 2 aliphatic heterocycles. The molecule has 33 heteroatoms. The summed E-state index contributed by atoms with van der Waals surface area (Å²) < 4.78 is 141. The van der Waals surface area contributed by atoms with Crippen LogP contribution in [0, 0.1) is 0 Å². The molecule has 11 rings (SSSR count). The van der Waals surface area contributed by atoms with Crippen molar-refractivity contribution in [1.29, 1.82) is 0 Å². The number of allylic oxidation sites excluding steroid dienone is 8. The molecule has 1 aliphatic carbocycles. The van der Waals surface area contributed by atoms with Crippen LogP contribution in [0.25, 0.3) is 38.3 Å². The first-order valence-electron chi connectivity index (χ1n) is 34.1. The summed E-state index contributed by atoms with van der Waals surface area (Å²) >= 11 is 0. The molecule has 2 aromatic heterocycles. The Morgan fingerprint density at radius 3 is 1.93 bits per heavy atom. The van der Waals surface area contributed by atoms with Crippen LogP contribution < -0.4 is 37.5 Å². The summed E-state index contributed by atoms with van der Waals surface area (Å²) in [7, 11) is -18.0. The fraction of sp³-hybridized carbons (Fsp3) is 0.311. The number of nitrogen functional groups attached to an aromatic ring is 1. The minimum atomic E-state index is -4.57. The van der Waals surface area contributed by atoms with Gasteiger partial charge in [-0.3, -0.25) is 42.4 Å². The Morgan fingerprint density at radius 1 is 0.692 bits per heavy atom. The highest BCUT2D eigenvalue weighted by molar-refractivity contribution is 7.87. The fourth-order valence-corrected chi connectivity index (χ4v) is 15.8. The zero-order valence-corrected chi connectivity index (χ0v) is 62.3. The number of aromatic nitrogens is 4. The Morgan fingerprint density at radius 2 is 1.30 bits per heavy atom. The summed E-state index contributed by atoms with van der Waals surface area (Å²) in [6.07, 6.45) is 10.5. The van der Waals surface area contributed by atoms with Gasteiger partial charge < -0.3 is 37.0 Å². The summed E-state index contributed by atoms with van der Waals surface area (Å²) in [5.74, 6) is -3.19. The van der Waals surface area contributed by atoms with Crippen molar-refractivity contribution in [1.82, 2.24) is 35.9 Å². The predicted molar refractivity (Wildman–Crippen MR) is 404 cm³/mol. The van der Waals surface area contributed by atoms with Crippen LogP contribution in [-0.2, 0) is 67.4 Å². The summed E-state index contributed by atoms with van der Waals surface area (Å²) in [6.45, 7) is 11.1. The van der Waals surface area contributed by atoms with Crippen LogP contribution in [0.2, 0.25) is 0 Å². The Hall–Kier alpha value is -10.4. The molecule has 12 N–H and O–H groups in total. The Labute approximate surface area is 616 Å². The van der Waals surface area contributed by atoms with Gasteiger partial charge in [-0.1, -0.05) is 56.3 Å². The lowest BCUT2D eigenvalue weighted by atomic mass is 9.78. The van der Waals surface area contributed by atoms with Gasteiger partial charge in [0.05, 0.1) is 44.1 Å². The average molecular weight is 1540 g/mol. The molecule has 562 valence electrons. The zero-order valence-electron chi connectivity index (χ0n) is 59.0. The molecule has 2 unspecified atom stereocenters. The number of nitrogens with two attached hydrogens (primary N) is 1. The second-order valence-corrected chi connectivity index (χ2v) is 34.1. The third-order valence-corrected chi connectivity index (χ3v) is 23.9. The molecule has 0 saturated heterocycles. The number of benzene rings is 6. The van der Waals surface area contributed by atoms with Crippen molar-refractivity contribution in [3.63, 3.8) is 0 Å². The number of nitrogens with zero attached hydrogens (tertiary/aromatic N) is 5. The molecule has 0 saturated carbocycles. The van der Waals surface area contributed by atoms with E-state index in [1.165, 1.54) is 56.4 Å². The number of rotatable bonds is 27. The number of anilines is 3. The Kier molecular flexibility index (Phi) is 22.1. The van der Waals surface area contributed by atoms with Gasteiger partial charge in [0, 0.05) is 83.8 Å². The van der Waals surface area contributed by atoms with Crippen molar-refractivity contribution in [2.24, 2.45) is 0 Å². The molecule has 8 aromatic rings. The minimum Gasteiger partial charge on any atom is -0.480 e. The zero-order chi connectivity index (χ0) is 77.5. The van der Waals surface area contributed by atoms with Gasteiger partial charge in [0.15, 0.2) is 23.4 Å². The second-order valence-electron chi connectivity index (χ2n) is 27.6. The normalized spacial score (nSPS) is 16.9. The Bertz CT molecular complexity index is 5680. The lowest BCUT2D eigenvalue weighted by molar-refractivity contribution is -0.438. The Balaban J connectivity index is 0.847. The molecule has 0 fully saturated rings. The van der Waals surface area contributed by atoms with E-state index >= 15 is 0 Å². The SMILES string of the molecule is CC(CCN1/C(=C/C=C2\CCCC(/C=C/C3=[N+](CCC(C)S(=O)(=O)O)c4ccc5cc(S(=O)(=O)O)ccc5c4C3(C)C)=C2c2ccc(C(=O)NCCNC(=O)CC[C@H](NC(=O)c3ccc(NCc4cnc5nc(N)[nH]c(=O)c5n4)cc3)C(=O)O)cc2)C(C)(C)c2c1ccc1cc(S(=O)(=O)O)ccc21)S(=O)(=O)O. The molecule has 3 aliphatic rings. The largest absolute Gasteiger partial charge is 0.480 e. The van der Waals surface area contributed by atoms with E-state index in [0.29, 0.717) is 69.1 Å². The van der Waals surface area contributed by atoms with Gasteiger partial charge in [0.25, 0.3) is 57.8 Å². The molecule has 3 amide bonds. The van der Waals surface area contributed by atoms with Crippen LogP contribution in [-0.4, -0.2) is 154 Å². The number of aliphatic carboxylic acids is 1. The van der Waals surface area contributed by atoms with Crippen molar-refractivity contribution in [2.75, 3.05) is 42.1 Å². The number of carboxylic acid groups (broad SMARTS) is 1. The number of carboxylic acids is 1. The number of amides is 3. The number of hydrogen-bond donors (Lipinski definition) is 11. The van der Waals surface area contributed by atoms with Crippen LogP contribution >= 0.6 is 0 Å². The highest BCUT2D eigenvalue weighted by atomic mass is 32.2. The third-order valence-electron chi connectivity index (χ3n) is 19.7. The van der Waals surface area contributed by atoms with Gasteiger partial charge in [-0.05, 0) is 188 Å². The summed E-state index contributed by atoms with van der Waals surface area (Å²) in [5, 5.41) is 21.1. The lowest BCUT2D eigenvalue weighted by Gasteiger charge is -2.28. The average Bonchev–Trinajstić information content (AvgIpc) is 1.58. The van der Waals surface area contributed by atoms with Crippen LogP contribution in [0.3, 0.4) is 0 Å². The smallest absolute Gasteiger partial charge is 0.326 e. The highest BCUT2D eigenvalue weighted by Gasteiger charge is 2.47. The summed E-state index contributed by atoms with van der Waals surface area (Å²) in [4.78, 5) is 80.8. The predicted octanol–water partition coefficient (Wildman–Crippen LogP) is 8.73. The molecule has 4 heterocycles. The van der Waals surface area contributed by atoms with Gasteiger partial charge in [-0.15, -0.1) is 0 Å². The number of hydrogen-bond acceptors (Lipinski definition) is 19. The minimum absolute atomic E-state index is 0.00601. The number of H-pyrrole nitrogens is 1. The molecule has 3 atom stereocenters. The highest BCUT2D eigenvalue weighted by Crippen LogP contribution is 2.52. The van der Waals surface area contributed by atoms with E-state index < -0.39 is 97.1 Å². The van der Waals surface area contributed by atoms with Crippen molar-refractivity contribution in [3.05, 3.63) is 200 Å². The number of nitrogens with one attached hydrogen (secondary N) is 5. The van der Waals surface area contributed by atoms with Crippen LogP contribution in [0.15, 0.2) is 171 Å². The third kappa shape index (κ3) is 17.1. The van der Waals surface area contributed by atoms with Crippen LogP contribution in [0.1, 0.15) is 130 Å². The first-order valence-corrected chi connectivity index (χ1v) is 40.0. The maximum absolute atomic E-state index is 13.9. The molecule has 0 spiro atoms. The monoisotopic (exact) mass is 1540 g/mol. The van der Waals surface area contributed by atoms with Crippen molar-refractivity contribution >= 4 is 131 Å². The van der Waals surface area contributed by atoms with Crippen LogP contribution in [0.4, 0.5) is 23.0 Å². The number of aromatic amines is 1. The molecular formula is C74H80N11O18S4+. The van der Waals surface area contributed by atoms with E-state index in [1.807, 2.05) is 61.5 Å². The van der Waals surface area contributed by atoms with Crippen molar-refractivity contribution in [3.8, 4) is 0 Å². The van der Waals surface area contributed by atoms with E-state index in [4.69, 9.17) is 5.73 Å². The van der Waals surface area contributed by atoms with E-state index in [9.17, 15) is 81.0 Å². The number of fused-ring (bicyclic) bond motifs is 7.